The van der Waals surface area contributed by atoms with Crippen molar-refractivity contribution in [3.05, 3.63) is 36.1 Å². The van der Waals surface area contributed by atoms with E-state index in [-0.39, 0.29) is 0 Å². The molecule has 0 saturated carbocycles. The van der Waals surface area contributed by atoms with E-state index < -0.39 is 0 Å². The molecule has 0 aliphatic carbocycles. The van der Waals surface area contributed by atoms with E-state index in [0.29, 0.717) is 11.4 Å². The molecule has 4 N–H and O–H groups in total. The normalized spacial score (nSPS) is 10.4. The van der Waals surface area contributed by atoms with E-state index in [9.17, 15) is 0 Å². The molecule has 14 heavy (non-hydrogen) atoms. The van der Waals surface area contributed by atoms with Gasteiger partial charge in [0.25, 0.3) is 0 Å². The first-order chi connectivity index (χ1) is 6.66. The lowest BCUT2D eigenvalue weighted by Gasteiger charge is -2.02. The summed E-state index contributed by atoms with van der Waals surface area (Å²) in [4.78, 5) is 0. The van der Waals surface area contributed by atoms with Gasteiger partial charge in [-0.3, -0.25) is 0 Å². The summed E-state index contributed by atoms with van der Waals surface area (Å²) in [6.45, 7) is 1.97. The van der Waals surface area contributed by atoms with Gasteiger partial charge in [-0.2, -0.15) is 0 Å². The van der Waals surface area contributed by atoms with Crippen LogP contribution in [0.5, 0.6) is 0 Å². The van der Waals surface area contributed by atoms with Gasteiger partial charge in [0.1, 0.15) is 5.76 Å². The highest BCUT2D eigenvalue weighted by molar-refractivity contribution is 5.76. The quantitative estimate of drug-likeness (QED) is 0.675. The lowest BCUT2D eigenvalue weighted by molar-refractivity contribution is 0.580. The Balaban J connectivity index is 2.55. The molecule has 2 rings (SSSR count). The molecule has 0 amide bonds. The topological polar surface area (TPSA) is 65.2 Å². The van der Waals surface area contributed by atoms with Crippen LogP contribution in [-0.4, -0.2) is 0 Å². The van der Waals surface area contributed by atoms with Gasteiger partial charge in [0.15, 0.2) is 0 Å². The minimum absolute atomic E-state index is 0.675. The number of nitrogens with two attached hydrogens (primary N) is 2. The number of furan rings is 1. The SMILES string of the molecule is Cc1coc(-c2cc(N)ccc2N)c1. The molecule has 0 spiro atoms. The summed E-state index contributed by atoms with van der Waals surface area (Å²) in [5.74, 6) is 0.757. The first-order valence-corrected chi connectivity index (χ1v) is 4.37. The van der Waals surface area contributed by atoms with Crippen LogP contribution in [0.25, 0.3) is 11.3 Å². The fourth-order valence-electron chi connectivity index (χ4n) is 1.36. The highest BCUT2D eigenvalue weighted by Gasteiger charge is 2.06. The van der Waals surface area contributed by atoms with Gasteiger partial charge >= 0.3 is 0 Å². The summed E-state index contributed by atoms with van der Waals surface area (Å²) in [6.07, 6.45) is 1.69. The molecule has 3 heteroatoms. The molecule has 0 radical (unpaired) electrons. The van der Waals surface area contributed by atoms with Gasteiger partial charge in [0.2, 0.25) is 0 Å². The smallest absolute Gasteiger partial charge is 0.136 e. The number of nitrogen functional groups attached to an aromatic ring is 2. The molecule has 0 saturated heterocycles. The third kappa shape index (κ3) is 1.44. The van der Waals surface area contributed by atoms with Crippen molar-refractivity contribution >= 4 is 11.4 Å². The zero-order valence-corrected chi connectivity index (χ0v) is 7.95. The molecular formula is C11H12N2O. The molecule has 0 fully saturated rings. The van der Waals surface area contributed by atoms with Gasteiger partial charge < -0.3 is 15.9 Å². The summed E-state index contributed by atoms with van der Waals surface area (Å²) in [5.41, 5.74) is 14.8. The predicted molar refractivity (Wildman–Crippen MR) is 57.7 cm³/mol. The Morgan fingerprint density at radius 1 is 1.14 bits per heavy atom. The summed E-state index contributed by atoms with van der Waals surface area (Å²) in [7, 11) is 0. The highest BCUT2D eigenvalue weighted by Crippen LogP contribution is 2.29. The Morgan fingerprint density at radius 2 is 1.93 bits per heavy atom. The number of anilines is 2. The van der Waals surface area contributed by atoms with Crippen LogP contribution in [0, 0.1) is 6.92 Å². The van der Waals surface area contributed by atoms with E-state index in [2.05, 4.69) is 0 Å². The van der Waals surface area contributed by atoms with Crippen molar-refractivity contribution in [3.63, 3.8) is 0 Å². The number of benzene rings is 1. The Morgan fingerprint density at radius 3 is 2.57 bits per heavy atom. The predicted octanol–water partition coefficient (Wildman–Crippen LogP) is 2.42. The largest absolute Gasteiger partial charge is 0.464 e. The van der Waals surface area contributed by atoms with Crippen LogP contribution in [-0.2, 0) is 0 Å². The van der Waals surface area contributed by atoms with E-state index in [1.54, 1.807) is 18.4 Å². The minimum Gasteiger partial charge on any atom is -0.464 e. The molecule has 0 aliphatic rings. The van der Waals surface area contributed by atoms with Crippen LogP contribution in [0.15, 0.2) is 34.9 Å². The van der Waals surface area contributed by atoms with Crippen LogP contribution in [0.4, 0.5) is 11.4 Å². The fourth-order valence-corrected chi connectivity index (χ4v) is 1.36. The van der Waals surface area contributed by atoms with E-state index in [0.717, 1.165) is 16.9 Å². The summed E-state index contributed by atoms with van der Waals surface area (Å²) in [5, 5.41) is 0. The maximum Gasteiger partial charge on any atom is 0.136 e. The molecule has 0 bridgehead atoms. The standard InChI is InChI=1S/C11H12N2O/c1-7-4-11(14-6-7)9-5-8(12)2-3-10(9)13/h2-6H,12-13H2,1H3. The first kappa shape index (κ1) is 8.69. The molecule has 0 unspecified atom stereocenters. The van der Waals surface area contributed by atoms with Gasteiger partial charge in [0.05, 0.1) is 6.26 Å². The van der Waals surface area contributed by atoms with Crippen molar-refractivity contribution in [3.8, 4) is 11.3 Å². The average molecular weight is 188 g/mol. The van der Waals surface area contributed by atoms with Crippen molar-refractivity contribution in [2.45, 2.75) is 6.92 Å². The third-order valence-electron chi connectivity index (χ3n) is 2.07. The summed E-state index contributed by atoms with van der Waals surface area (Å²) >= 11 is 0. The highest BCUT2D eigenvalue weighted by atomic mass is 16.3. The zero-order valence-electron chi connectivity index (χ0n) is 7.95. The monoisotopic (exact) mass is 188 g/mol. The number of aryl methyl sites for hydroxylation is 1. The lowest BCUT2D eigenvalue weighted by atomic mass is 10.1. The second-order valence-electron chi connectivity index (χ2n) is 3.33. The van der Waals surface area contributed by atoms with Crippen LogP contribution < -0.4 is 11.5 Å². The van der Waals surface area contributed by atoms with Crippen LogP contribution in [0.2, 0.25) is 0 Å². The molecule has 72 valence electrons. The minimum atomic E-state index is 0.675. The number of hydrogen-bond donors (Lipinski definition) is 2. The van der Waals surface area contributed by atoms with Crippen molar-refractivity contribution in [2.24, 2.45) is 0 Å². The Labute approximate surface area is 82.3 Å². The van der Waals surface area contributed by atoms with Crippen molar-refractivity contribution in [2.75, 3.05) is 11.5 Å². The Kier molecular flexibility index (Phi) is 1.93. The summed E-state index contributed by atoms with van der Waals surface area (Å²) in [6, 6.07) is 7.30. The molecule has 3 nitrogen and oxygen atoms in total. The van der Waals surface area contributed by atoms with Crippen LogP contribution >= 0.6 is 0 Å². The van der Waals surface area contributed by atoms with Gasteiger partial charge in [-0.1, -0.05) is 0 Å². The van der Waals surface area contributed by atoms with Crippen molar-refractivity contribution in [1.82, 2.24) is 0 Å². The lowest BCUT2D eigenvalue weighted by Crippen LogP contribution is -1.91. The third-order valence-corrected chi connectivity index (χ3v) is 2.07. The van der Waals surface area contributed by atoms with Gasteiger partial charge in [-0.15, -0.1) is 0 Å². The number of rotatable bonds is 1. The van der Waals surface area contributed by atoms with E-state index in [4.69, 9.17) is 15.9 Å². The molecule has 1 aromatic heterocycles. The van der Waals surface area contributed by atoms with E-state index in [1.165, 1.54) is 0 Å². The maximum atomic E-state index is 5.82. The molecular weight excluding hydrogens is 176 g/mol. The second kappa shape index (κ2) is 3.10. The van der Waals surface area contributed by atoms with E-state index >= 15 is 0 Å². The Hall–Kier alpha value is -1.90. The second-order valence-corrected chi connectivity index (χ2v) is 3.33. The molecule has 1 aromatic carbocycles. The molecule has 2 aromatic rings. The van der Waals surface area contributed by atoms with Crippen LogP contribution in [0.1, 0.15) is 5.56 Å². The maximum absolute atomic E-state index is 5.82. The molecule has 0 atom stereocenters. The van der Waals surface area contributed by atoms with Crippen LogP contribution in [0.3, 0.4) is 0 Å². The summed E-state index contributed by atoms with van der Waals surface area (Å²) < 4.78 is 5.35. The molecule has 0 aliphatic heterocycles. The van der Waals surface area contributed by atoms with Crippen molar-refractivity contribution in [1.29, 1.82) is 0 Å². The fraction of sp³-hybridized carbons (Fsp3) is 0.0909. The number of hydrogen-bond acceptors (Lipinski definition) is 3. The van der Waals surface area contributed by atoms with Gasteiger partial charge in [-0.05, 0) is 36.8 Å². The average Bonchev–Trinajstić information content (AvgIpc) is 2.56. The Bertz CT molecular complexity index is 460. The van der Waals surface area contributed by atoms with Crippen molar-refractivity contribution < 1.29 is 4.42 Å². The first-order valence-electron chi connectivity index (χ1n) is 4.37. The van der Waals surface area contributed by atoms with Gasteiger partial charge in [-0.25, -0.2) is 0 Å². The molecule has 1 heterocycles. The van der Waals surface area contributed by atoms with Gasteiger partial charge in [0, 0.05) is 16.9 Å². The zero-order chi connectivity index (χ0) is 10.1. The van der Waals surface area contributed by atoms with E-state index in [1.807, 2.05) is 19.1 Å².